The Morgan fingerprint density at radius 2 is 2.18 bits per heavy atom. The summed E-state index contributed by atoms with van der Waals surface area (Å²) in [6, 6.07) is 6.02. The summed E-state index contributed by atoms with van der Waals surface area (Å²) in [4.78, 5) is 11.5. The summed E-state index contributed by atoms with van der Waals surface area (Å²) in [7, 11) is 1.41. The van der Waals surface area contributed by atoms with Gasteiger partial charge in [0.25, 0.3) is 0 Å². The molecule has 1 rings (SSSR count). The van der Waals surface area contributed by atoms with Crippen molar-refractivity contribution in [1.82, 2.24) is 0 Å². The molecular formula is C12H15BrINO2. The Balaban J connectivity index is 2.73. The van der Waals surface area contributed by atoms with E-state index >= 15 is 0 Å². The number of anilines is 1. The Bertz CT molecular complexity index is 421. The van der Waals surface area contributed by atoms with Crippen molar-refractivity contribution < 1.29 is 9.53 Å². The number of carbonyl (C=O) groups excluding carboxylic acids is 1. The van der Waals surface area contributed by atoms with Gasteiger partial charge in [-0.05, 0) is 70.6 Å². The van der Waals surface area contributed by atoms with Crippen molar-refractivity contribution in [3.63, 3.8) is 0 Å². The standard InChI is InChI=1S/C12H15BrINO2/c1-12(2,11(16)17-3)7-15-10-6-8(14)4-5-9(10)13/h4-6,15H,7H2,1-3H3. The van der Waals surface area contributed by atoms with Crippen molar-refractivity contribution in [2.75, 3.05) is 19.0 Å². The van der Waals surface area contributed by atoms with Crippen molar-refractivity contribution in [3.05, 3.63) is 26.2 Å². The van der Waals surface area contributed by atoms with Crippen molar-refractivity contribution in [1.29, 1.82) is 0 Å². The van der Waals surface area contributed by atoms with E-state index < -0.39 is 5.41 Å². The fourth-order valence-corrected chi connectivity index (χ4v) is 2.18. The van der Waals surface area contributed by atoms with Crippen LogP contribution in [0.3, 0.4) is 0 Å². The summed E-state index contributed by atoms with van der Waals surface area (Å²) in [5, 5.41) is 3.26. The smallest absolute Gasteiger partial charge is 0.313 e. The van der Waals surface area contributed by atoms with Crippen LogP contribution in [-0.2, 0) is 9.53 Å². The van der Waals surface area contributed by atoms with Gasteiger partial charge in [-0.3, -0.25) is 4.79 Å². The maximum atomic E-state index is 11.5. The molecule has 0 spiro atoms. The molecule has 5 heteroatoms. The van der Waals surface area contributed by atoms with Crippen molar-refractivity contribution >= 4 is 50.2 Å². The molecule has 0 bridgehead atoms. The maximum Gasteiger partial charge on any atom is 0.313 e. The predicted octanol–water partition coefficient (Wildman–Crippen LogP) is 3.66. The highest BCUT2D eigenvalue weighted by molar-refractivity contribution is 14.1. The Labute approximate surface area is 124 Å². The van der Waals surface area contributed by atoms with Gasteiger partial charge in [-0.2, -0.15) is 0 Å². The largest absolute Gasteiger partial charge is 0.469 e. The third-order valence-electron chi connectivity index (χ3n) is 2.39. The summed E-state index contributed by atoms with van der Waals surface area (Å²) < 4.78 is 6.89. The number of rotatable bonds is 4. The van der Waals surface area contributed by atoms with E-state index in [2.05, 4.69) is 43.8 Å². The van der Waals surface area contributed by atoms with E-state index in [1.165, 1.54) is 7.11 Å². The van der Waals surface area contributed by atoms with Gasteiger partial charge < -0.3 is 10.1 Å². The summed E-state index contributed by atoms with van der Waals surface area (Å²) in [6.07, 6.45) is 0. The van der Waals surface area contributed by atoms with Crippen LogP contribution in [0, 0.1) is 8.99 Å². The second kappa shape index (κ2) is 6.04. The topological polar surface area (TPSA) is 38.3 Å². The first-order valence-corrected chi connectivity index (χ1v) is 7.01. The maximum absolute atomic E-state index is 11.5. The Morgan fingerprint density at radius 1 is 1.53 bits per heavy atom. The minimum absolute atomic E-state index is 0.216. The fourth-order valence-electron chi connectivity index (χ4n) is 1.30. The molecule has 0 saturated carbocycles. The molecule has 0 radical (unpaired) electrons. The first-order chi connectivity index (χ1) is 7.86. The van der Waals surface area contributed by atoms with Gasteiger partial charge >= 0.3 is 5.97 Å². The molecule has 94 valence electrons. The number of nitrogens with one attached hydrogen (secondary N) is 1. The fraction of sp³-hybridized carbons (Fsp3) is 0.417. The van der Waals surface area contributed by atoms with Gasteiger partial charge in [0.05, 0.1) is 12.5 Å². The van der Waals surface area contributed by atoms with Crippen LogP contribution in [0.4, 0.5) is 5.69 Å². The minimum atomic E-state index is -0.546. The first-order valence-electron chi connectivity index (χ1n) is 5.14. The molecule has 0 aliphatic heterocycles. The van der Waals surface area contributed by atoms with Crippen LogP contribution in [0.15, 0.2) is 22.7 Å². The normalized spacial score (nSPS) is 11.1. The first kappa shape index (κ1) is 14.8. The van der Waals surface area contributed by atoms with Crippen molar-refractivity contribution in [3.8, 4) is 0 Å². The van der Waals surface area contributed by atoms with E-state index in [1.54, 1.807) is 0 Å². The molecule has 3 nitrogen and oxygen atoms in total. The van der Waals surface area contributed by atoms with E-state index in [1.807, 2.05) is 32.0 Å². The van der Waals surface area contributed by atoms with Gasteiger partial charge in [0, 0.05) is 20.3 Å². The SMILES string of the molecule is COC(=O)C(C)(C)CNc1cc(I)ccc1Br. The lowest BCUT2D eigenvalue weighted by Crippen LogP contribution is -2.33. The number of carbonyl (C=O) groups is 1. The van der Waals surface area contributed by atoms with Crippen LogP contribution in [-0.4, -0.2) is 19.6 Å². The highest BCUT2D eigenvalue weighted by atomic mass is 127. The van der Waals surface area contributed by atoms with E-state index in [0.29, 0.717) is 6.54 Å². The molecular weight excluding hydrogens is 397 g/mol. The van der Waals surface area contributed by atoms with Gasteiger partial charge in [-0.15, -0.1) is 0 Å². The third-order valence-corrected chi connectivity index (χ3v) is 3.75. The number of methoxy groups -OCH3 is 1. The van der Waals surface area contributed by atoms with E-state index in [0.717, 1.165) is 13.7 Å². The third kappa shape index (κ3) is 4.13. The molecule has 17 heavy (non-hydrogen) atoms. The monoisotopic (exact) mass is 411 g/mol. The number of hydrogen-bond donors (Lipinski definition) is 1. The zero-order valence-electron chi connectivity index (χ0n) is 10.0. The number of hydrogen-bond acceptors (Lipinski definition) is 3. The quantitative estimate of drug-likeness (QED) is 0.606. The van der Waals surface area contributed by atoms with Crippen LogP contribution in [0.25, 0.3) is 0 Å². The lowest BCUT2D eigenvalue weighted by molar-refractivity contribution is -0.149. The predicted molar refractivity (Wildman–Crippen MR) is 81.1 cm³/mol. The van der Waals surface area contributed by atoms with Gasteiger partial charge in [0.1, 0.15) is 0 Å². The summed E-state index contributed by atoms with van der Waals surface area (Å²) in [6.45, 7) is 4.24. The van der Waals surface area contributed by atoms with Gasteiger partial charge in [0.15, 0.2) is 0 Å². The molecule has 0 aliphatic carbocycles. The number of benzene rings is 1. The van der Waals surface area contributed by atoms with Gasteiger partial charge in [-0.1, -0.05) is 0 Å². The molecule has 0 aliphatic rings. The van der Waals surface area contributed by atoms with Crippen LogP contribution < -0.4 is 5.32 Å². The van der Waals surface area contributed by atoms with Crippen LogP contribution in [0.5, 0.6) is 0 Å². The Kier molecular flexibility index (Phi) is 5.24. The molecule has 0 heterocycles. The highest BCUT2D eigenvalue weighted by Crippen LogP contribution is 2.26. The average molecular weight is 412 g/mol. The molecule has 1 N–H and O–H groups in total. The minimum Gasteiger partial charge on any atom is -0.469 e. The van der Waals surface area contributed by atoms with E-state index in [-0.39, 0.29) is 5.97 Å². The van der Waals surface area contributed by atoms with Crippen LogP contribution >= 0.6 is 38.5 Å². The Morgan fingerprint density at radius 3 is 2.76 bits per heavy atom. The summed E-state index contributed by atoms with van der Waals surface area (Å²) >= 11 is 5.72. The number of halogens is 2. The lowest BCUT2D eigenvalue weighted by atomic mass is 9.93. The summed E-state index contributed by atoms with van der Waals surface area (Å²) in [5.41, 5.74) is 0.434. The lowest BCUT2D eigenvalue weighted by Gasteiger charge is -2.22. The van der Waals surface area contributed by atoms with E-state index in [4.69, 9.17) is 4.74 Å². The van der Waals surface area contributed by atoms with E-state index in [9.17, 15) is 4.79 Å². The highest BCUT2D eigenvalue weighted by Gasteiger charge is 2.28. The molecule has 0 aromatic heterocycles. The average Bonchev–Trinajstić information content (AvgIpc) is 2.29. The van der Waals surface area contributed by atoms with Crippen LogP contribution in [0.2, 0.25) is 0 Å². The molecule has 1 aromatic carbocycles. The molecule has 1 aromatic rings. The number of esters is 1. The van der Waals surface area contributed by atoms with Gasteiger partial charge in [-0.25, -0.2) is 0 Å². The number of ether oxygens (including phenoxy) is 1. The van der Waals surface area contributed by atoms with Crippen molar-refractivity contribution in [2.45, 2.75) is 13.8 Å². The zero-order valence-corrected chi connectivity index (χ0v) is 13.8. The zero-order chi connectivity index (χ0) is 13.1. The molecule has 0 fully saturated rings. The molecule has 0 saturated heterocycles. The van der Waals surface area contributed by atoms with Gasteiger partial charge in [0.2, 0.25) is 0 Å². The molecule has 0 amide bonds. The van der Waals surface area contributed by atoms with Crippen LogP contribution in [0.1, 0.15) is 13.8 Å². The van der Waals surface area contributed by atoms with Crippen molar-refractivity contribution in [2.24, 2.45) is 5.41 Å². The molecule has 0 unspecified atom stereocenters. The second-order valence-corrected chi connectivity index (χ2v) is 6.45. The molecule has 0 atom stereocenters. The summed E-state index contributed by atoms with van der Waals surface area (Å²) in [5.74, 6) is -0.216. The second-order valence-electron chi connectivity index (χ2n) is 4.35. The Hall–Kier alpha value is -0.300.